The van der Waals surface area contributed by atoms with E-state index in [1.54, 1.807) is 19.2 Å². The van der Waals surface area contributed by atoms with Gasteiger partial charge >= 0.3 is 5.97 Å². The van der Waals surface area contributed by atoms with Gasteiger partial charge in [0.1, 0.15) is 5.75 Å². The van der Waals surface area contributed by atoms with Gasteiger partial charge in [-0.2, -0.15) is 0 Å². The average molecular weight is 279 g/mol. The van der Waals surface area contributed by atoms with Gasteiger partial charge in [0.25, 0.3) is 0 Å². The molecule has 0 unspecified atom stereocenters. The van der Waals surface area contributed by atoms with Crippen molar-refractivity contribution in [1.29, 1.82) is 0 Å². The van der Waals surface area contributed by atoms with E-state index in [0.717, 1.165) is 11.3 Å². The second-order valence-corrected chi connectivity index (χ2v) is 4.29. The normalized spacial score (nSPS) is 10.3. The smallest absolute Gasteiger partial charge is 0.356 e. The number of carboxylic acid groups (broad SMARTS) is 1. The molecule has 1 heterocycles. The molecule has 0 saturated carbocycles. The highest BCUT2D eigenvalue weighted by Crippen LogP contribution is 2.25. The number of aromatic nitrogens is 2. The molecule has 5 nitrogen and oxygen atoms in total. The molecule has 0 atom stereocenters. The number of aryl methyl sites for hydroxylation is 1. The molecule has 2 rings (SSSR count). The molecule has 0 radical (unpaired) electrons. The maximum atomic E-state index is 11.0. The van der Waals surface area contributed by atoms with Crippen LogP contribution in [0.15, 0.2) is 24.4 Å². The fraction of sp³-hybridized carbons (Fsp3) is 0.154. The summed E-state index contributed by atoms with van der Waals surface area (Å²) >= 11 is 5.73. The molecule has 0 spiro atoms. The Morgan fingerprint density at radius 2 is 2.16 bits per heavy atom. The van der Waals surface area contributed by atoms with Gasteiger partial charge in [-0.25, -0.2) is 14.8 Å². The lowest BCUT2D eigenvalue weighted by Crippen LogP contribution is -2.04. The minimum atomic E-state index is -1.18. The third kappa shape index (κ3) is 2.66. The molecule has 0 saturated heterocycles. The van der Waals surface area contributed by atoms with Crippen LogP contribution in [-0.2, 0) is 0 Å². The molecular weight excluding hydrogens is 268 g/mol. The van der Waals surface area contributed by atoms with E-state index in [0.29, 0.717) is 11.4 Å². The molecule has 0 aliphatic rings. The van der Waals surface area contributed by atoms with Crippen LogP contribution in [0, 0.1) is 6.92 Å². The summed E-state index contributed by atoms with van der Waals surface area (Å²) in [4.78, 5) is 19.0. The van der Waals surface area contributed by atoms with Gasteiger partial charge in [0.2, 0.25) is 0 Å². The van der Waals surface area contributed by atoms with Gasteiger partial charge in [-0.15, -0.1) is 0 Å². The Balaban J connectivity index is 2.50. The van der Waals surface area contributed by atoms with E-state index >= 15 is 0 Å². The van der Waals surface area contributed by atoms with Gasteiger partial charge in [-0.3, -0.25) is 0 Å². The van der Waals surface area contributed by atoms with Crippen molar-refractivity contribution >= 4 is 17.6 Å². The van der Waals surface area contributed by atoms with Crippen LogP contribution in [-0.4, -0.2) is 28.2 Å². The molecule has 0 aliphatic carbocycles. The number of hydrogen-bond donors (Lipinski definition) is 1. The lowest BCUT2D eigenvalue weighted by molar-refractivity contribution is 0.0690. The lowest BCUT2D eigenvalue weighted by Gasteiger charge is -2.07. The zero-order valence-corrected chi connectivity index (χ0v) is 11.1. The second-order valence-electron chi connectivity index (χ2n) is 3.88. The van der Waals surface area contributed by atoms with Crippen LogP contribution in [0.1, 0.15) is 16.1 Å². The first-order chi connectivity index (χ1) is 9.02. The van der Waals surface area contributed by atoms with Crippen molar-refractivity contribution < 1.29 is 14.6 Å². The van der Waals surface area contributed by atoms with Crippen LogP contribution in [0.5, 0.6) is 5.75 Å². The number of benzene rings is 1. The van der Waals surface area contributed by atoms with Crippen molar-refractivity contribution in [2.75, 3.05) is 7.11 Å². The topological polar surface area (TPSA) is 72.3 Å². The minimum Gasteiger partial charge on any atom is -0.496 e. The van der Waals surface area contributed by atoms with Gasteiger partial charge in [0.15, 0.2) is 11.5 Å². The lowest BCUT2D eigenvalue weighted by atomic mass is 10.1. The minimum absolute atomic E-state index is 0.0153. The highest BCUT2D eigenvalue weighted by Gasteiger charge is 2.14. The van der Waals surface area contributed by atoms with Crippen molar-refractivity contribution in [3.05, 3.63) is 40.7 Å². The summed E-state index contributed by atoms with van der Waals surface area (Å²) in [6, 6.07) is 5.37. The van der Waals surface area contributed by atoms with E-state index < -0.39 is 5.97 Å². The quantitative estimate of drug-likeness (QED) is 0.934. The number of aromatic carboxylic acids is 1. The van der Waals surface area contributed by atoms with Gasteiger partial charge in [-0.05, 0) is 30.7 Å². The zero-order chi connectivity index (χ0) is 14.0. The van der Waals surface area contributed by atoms with Crippen LogP contribution < -0.4 is 4.74 Å². The van der Waals surface area contributed by atoms with Crippen molar-refractivity contribution in [2.45, 2.75) is 6.92 Å². The molecule has 0 bridgehead atoms. The Bertz CT molecular complexity index is 644. The van der Waals surface area contributed by atoms with Crippen LogP contribution in [0.3, 0.4) is 0 Å². The summed E-state index contributed by atoms with van der Waals surface area (Å²) in [5.41, 5.74) is 1.41. The molecule has 0 fully saturated rings. The van der Waals surface area contributed by atoms with Gasteiger partial charge in [0.05, 0.1) is 18.3 Å². The van der Waals surface area contributed by atoms with E-state index in [9.17, 15) is 4.79 Å². The first-order valence-corrected chi connectivity index (χ1v) is 5.81. The van der Waals surface area contributed by atoms with Crippen LogP contribution in [0.4, 0.5) is 0 Å². The number of carboxylic acids is 1. The van der Waals surface area contributed by atoms with E-state index in [-0.39, 0.29) is 10.7 Å². The Morgan fingerprint density at radius 3 is 2.74 bits per heavy atom. The summed E-state index contributed by atoms with van der Waals surface area (Å²) in [5.74, 6) is -0.123. The predicted octanol–water partition coefficient (Wildman–Crippen LogP) is 2.81. The molecule has 1 aromatic carbocycles. The molecule has 0 amide bonds. The second kappa shape index (κ2) is 5.24. The van der Waals surface area contributed by atoms with E-state index in [1.165, 1.54) is 6.20 Å². The summed E-state index contributed by atoms with van der Waals surface area (Å²) in [7, 11) is 1.59. The van der Waals surface area contributed by atoms with Crippen molar-refractivity contribution in [2.24, 2.45) is 0 Å². The van der Waals surface area contributed by atoms with Crippen molar-refractivity contribution in [1.82, 2.24) is 9.97 Å². The maximum Gasteiger partial charge on any atom is 0.356 e. The summed E-state index contributed by atoms with van der Waals surface area (Å²) < 4.78 is 5.16. The third-order valence-corrected chi connectivity index (χ3v) is 2.88. The number of methoxy groups -OCH3 is 1. The zero-order valence-electron chi connectivity index (χ0n) is 10.3. The maximum absolute atomic E-state index is 11.0. The Kier molecular flexibility index (Phi) is 3.66. The van der Waals surface area contributed by atoms with Crippen LogP contribution in [0.25, 0.3) is 11.4 Å². The van der Waals surface area contributed by atoms with E-state index in [4.69, 9.17) is 21.4 Å². The molecule has 2 aromatic rings. The number of halogens is 1. The summed E-state index contributed by atoms with van der Waals surface area (Å²) in [6.45, 7) is 1.89. The third-order valence-electron chi connectivity index (χ3n) is 2.60. The number of carbonyl (C=O) groups is 1. The van der Waals surface area contributed by atoms with Crippen molar-refractivity contribution in [3.63, 3.8) is 0 Å². The summed E-state index contributed by atoms with van der Waals surface area (Å²) in [5, 5.41) is 8.99. The van der Waals surface area contributed by atoms with Crippen molar-refractivity contribution in [3.8, 4) is 17.1 Å². The Morgan fingerprint density at radius 1 is 1.42 bits per heavy atom. The van der Waals surface area contributed by atoms with Gasteiger partial charge in [-0.1, -0.05) is 11.6 Å². The average Bonchev–Trinajstić information content (AvgIpc) is 2.38. The monoisotopic (exact) mass is 278 g/mol. The Hall–Kier alpha value is -2.14. The largest absolute Gasteiger partial charge is 0.496 e. The van der Waals surface area contributed by atoms with Gasteiger partial charge in [0, 0.05) is 5.56 Å². The van der Waals surface area contributed by atoms with E-state index in [2.05, 4.69) is 9.97 Å². The first-order valence-electron chi connectivity index (χ1n) is 5.43. The fourth-order valence-electron chi connectivity index (χ4n) is 1.67. The fourth-order valence-corrected chi connectivity index (χ4v) is 1.85. The predicted molar refractivity (Wildman–Crippen MR) is 70.7 cm³/mol. The molecule has 6 heteroatoms. The van der Waals surface area contributed by atoms with Crippen LogP contribution >= 0.6 is 11.6 Å². The standard InChI is InChI=1S/C13H11ClN2O3/c1-7-5-8(3-4-10(7)19-2)12-15-6-9(14)11(16-12)13(17)18/h3-6H,1-2H3,(H,17,18). The van der Waals surface area contributed by atoms with E-state index in [1.807, 2.05) is 13.0 Å². The van der Waals surface area contributed by atoms with Gasteiger partial charge < -0.3 is 9.84 Å². The van der Waals surface area contributed by atoms with Crippen LogP contribution in [0.2, 0.25) is 5.02 Å². The molecular formula is C13H11ClN2O3. The number of rotatable bonds is 3. The number of hydrogen-bond acceptors (Lipinski definition) is 4. The highest BCUT2D eigenvalue weighted by atomic mass is 35.5. The molecule has 1 N–H and O–H groups in total. The Labute approximate surface area is 114 Å². The number of ether oxygens (including phenoxy) is 1. The highest BCUT2D eigenvalue weighted by molar-refractivity contribution is 6.33. The molecule has 0 aliphatic heterocycles. The SMILES string of the molecule is COc1ccc(-c2ncc(Cl)c(C(=O)O)n2)cc1C. The molecule has 98 valence electrons. The first kappa shape index (κ1) is 13.3. The number of nitrogens with zero attached hydrogens (tertiary/aromatic N) is 2. The molecule has 1 aromatic heterocycles. The summed E-state index contributed by atoms with van der Waals surface area (Å²) in [6.07, 6.45) is 1.28. The molecule has 19 heavy (non-hydrogen) atoms.